The van der Waals surface area contributed by atoms with Crippen molar-refractivity contribution in [2.24, 2.45) is 0 Å². The van der Waals surface area contributed by atoms with Gasteiger partial charge in [-0.2, -0.15) is 0 Å². The van der Waals surface area contributed by atoms with Gasteiger partial charge in [-0.1, -0.05) is 5.16 Å². The Balaban J connectivity index is 1.83. The summed E-state index contributed by atoms with van der Waals surface area (Å²) in [5.74, 6) is -0.439. The Morgan fingerprint density at radius 1 is 1.00 bits per heavy atom. The highest BCUT2D eigenvalue weighted by molar-refractivity contribution is 7.15. The summed E-state index contributed by atoms with van der Waals surface area (Å²) in [6.07, 6.45) is 0. The molecule has 3 heterocycles. The number of thiophene rings is 1. The Labute approximate surface area is 193 Å². The van der Waals surface area contributed by atoms with E-state index in [1.807, 2.05) is 19.1 Å². The van der Waals surface area contributed by atoms with Crippen molar-refractivity contribution in [1.29, 1.82) is 0 Å². The maximum atomic E-state index is 13.5. The average Bonchev–Trinajstić information content (AvgIpc) is 3.43. The predicted molar refractivity (Wildman–Crippen MR) is 123 cm³/mol. The Hall–Kier alpha value is -3.92. The number of benzene rings is 1. The van der Waals surface area contributed by atoms with E-state index in [0.29, 0.717) is 33.8 Å². The number of hydrogen-bond donors (Lipinski definition) is 1. The first kappa shape index (κ1) is 22.3. The lowest BCUT2D eigenvalue weighted by Crippen LogP contribution is -2.16. The molecule has 3 aromatic heterocycles. The lowest BCUT2D eigenvalue weighted by molar-refractivity contribution is 0.0601. The van der Waals surface area contributed by atoms with Crippen LogP contribution in [0, 0.1) is 13.8 Å². The Morgan fingerprint density at radius 2 is 1.73 bits per heavy atom. The van der Waals surface area contributed by atoms with Crippen LogP contribution in [0.2, 0.25) is 0 Å². The summed E-state index contributed by atoms with van der Waals surface area (Å²) in [5, 5.41) is 7.25. The van der Waals surface area contributed by atoms with Crippen molar-refractivity contribution >= 4 is 40.0 Å². The molecule has 0 atom stereocenters. The molecule has 4 rings (SSSR count). The molecule has 9 nitrogen and oxygen atoms in total. The van der Waals surface area contributed by atoms with E-state index in [0.717, 1.165) is 9.75 Å². The summed E-state index contributed by atoms with van der Waals surface area (Å²) < 4.78 is 20.8. The van der Waals surface area contributed by atoms with Crippen molar-refractivity contribution in [3.8, 4) is 22.1 Å². The minimum Gasteiger partial charge on any atom is -0.493 e. The van der Waals surface area contributed by atoms with Crippen molar-refractivity contribution in [1.82, 2.24) is 10.1 Å². The first-order valence-corrected chi connectivity index (χ1v) is 10.7. The van der Waals surface area contributed by atoms with Crippen molar-refractivity contribution < 1.29 is 28.3 Å². The van der Waals surface area contributed by atoms with E-state index >= 15 is 0 Å². The van der Waals surface area contributed by atoms with Gasteiger partial charge in [-0.05, 0) is 32.0 Å². The van der Waals surface area contributed by atoms with E-state index in [2.05, 4.69) is 15.5 Å². The van der Waals surface area contributed by atoms with Gasteiger partial charge in [0.15, 0.2) is 11.5 Å². The fourth-order valence-corrected chi connectivity index (χ4v) is 4.25. The van der Waals surface area contributed by atoms with Crippen LogP contribution in [0.1, 0.15) is 31.3 Å². The minimum absolute atomic E-state index is 0.116. The van der Waals surface area contributed by atoms with E-state index in [-0.39, 0.29) is 17.0 Å². The van der Waals surface area contributed by atoms with Crippen LogP contribution in [0.5, 0.6) is 11.5 Å². The third-order valence-corrected chi connectivity index (χ3v) is 6.05. The Bertz CT molecular complexity index is 1370. The predicted octanol–water partition coefficient (Wildman–Crippen LogP) is 4.62. The summed E-state index contributed by atoms with van der Waals surface area (Å²) in [4.78, 5) is 32.4. The van der Waals surface area contributed by atoms with Gasteiger partial charge in [-0.25, -0.2) is 9.78 Å². The van der Waals surface area contributed by atoms with Gasteiger partial charge in [-0.3, -0.25) is 4.79 Å². The number of ether oxygens (including phenoxy) is 3. The monoisotopic (exact) mass is 467 g/mol. The number of rotatable bonds is 6. The molecule has 0 saturated heterocycles. The van der Waals surface area contributed by atoms with Crippen molar-refractivity contribution in [2.75, 3.05) is 26.6 Å². The van der Waals surface area contributed by atoms with Crippen molar-refractivity contribution in [3.05, 3.63) is 52.0 Å². The maximum absolute atomic E-state index is 13.5. The standard InChI is InChI=1S/C23H21N3O6S/c1-11-6-7-19(33-11)16-8-14(20-12(2)26-32-22(20)25-16)21(27)24-15-10-18(30-4)17(29-3)9-13(15)23(28)31-5/h6-10H,1-5H3,(H,24,27). The van der Waals surface area contributed by atoms with Crippen LogP contribution >= 0.6 is 11.3 Å². The topological polar surface area (TPSA) is 113 Å². The molecule has 0 aliphatic heterocycles. The third-order valence-electron chi connectivity index (χ3n) is 5.03. The zero-order valence-corrected chi connectivity index (χ0v) is 19.5. The average molecular weight is 468 g/mol. The van der Waals surface area contributed by atoms with Crippen LogP contribution in [-0.2, 0) is 4.74 Å². The van der Waals surface area contributed by atoms with Gasteiger partial charge in [0.2, 0.25) is 0 Å². The van der Waals surface area contributed by atoms with E-state index in [4.69, 9.17) is 18.7 Å². The van der Waals surface area contributed by atoms with Crippen LogP contribution in [0.3, 0.4) is 0 Å². The largest absolute Gasteiger partial charge is 0.493 e. The van der Waals surface area contributed by atoms with E-state index < -0.39 is 11.9 Å². The molecule has 0 aliphatic rings. The van der Waals surface area contributed by atoms with Crippen molar-refractivity contribution in [3.63, 3.8) is 0 Å². The van der Waals surface area contributed by atoms with Gasteiger partial charge in [0, 0.05) is 17.0 Å². The second-order valence-corrected chi connectivity index (χ2v) is 8.40. The number of nitrogens with zero attached hydrogens (tertiary/aromatic N) is 2. The SMILES string of the molecule is COC(=O)c1cc(OC)c(OC)cc1NC(=O)c1cc(-c2ccc(C)s2)nc2onc(C)c12. The van der Waals surface area contributed by atoms with Crippen LogP contribution in [0.15, 0.2) is 34.9 Å². The number of aryl methyl sites for hydroxylation is 2. The molecule has 33 heavy (non-hydrogen) atoms. The molecular formula is C23H21N3O6S. The zero-order chi connectivity index (χ0) is 23.7. The van der Waals surface area contributed by atoms with Gasteiger partial charge in [0.25, 0.3) is 11.6 Å². The van der Waals surface area contributed by atoms with Gasteiger partial charge < -0.3 is 24.1 Å². The maximum Gasteiger partial charge on any atom is 0.340 e. The first-order valence-electron chi connectivity index (χ1n) is 9.85. The number of carbonyl (C=O) groups is 2. The quantitative estimate of drug-likeness (QED) is 0.409. The smallest absolute Gasteiger partial charge is 0.340 e. The number of nitrogens with one attached hydrogen (secondary N) is 1. The number of esters is 1. The fraction of sp³-hybridized carbons (Fsp3) is 0.217. The summed E-state index contributed by atoms with van der Waals surface area (Å²) in [6.45, 7) is 3.72. The number of carbonyl (C=O) groups excluding carboxylic acids is 2. The zero-order valence-electron chi connectivity index (χ0n) is 18.6. The summed E-state index contributed by atoms with van der Waals surface area (Å²) >= 11 is 1.55. The number of amides is 1. The van der Waals surface area contributed by atoms with Crippen LogP contribution in [0.4, 0.5) is 5.69 Å². The minimum atomic E-state index is -0.637. The van der Waals surface area contributed by atoms with E-state index in [9.17, 15) is 9.59 Å². The summed E-state index contributed by atoms with van der Waals surface area (Å²) in [5.41, 5.74) is 1.99. The van der Waals surface area contributed by atoms with Gasteiger partial charge >= 0.3 is 5.97 Å². The fourth-order valence-electron chi connectivity index (χ4n) is 3.42. The van der Waals surface area contributed by atoms with Gasteiger partial charge in [-0.15, -0.1) is 11.3 Å². The second-order valence-electron chi connectivity index (χ2n) is 7.11. The van der Waals surface area contributed by atoms with E-state index in [1.165, 1.54) is 33.5 Å². The highest BCUT2D eigenvalue weighted by Crippen LogP contribution is 2.35. The number of anilines is 1. The molecule has 0 bridgehead atoms. The number of fused-ring (bicyclic) bond motifs is 1. The molecule has 4 aromatic rings. The number of methoxy groups -OCH3 is 3. The second kappa shape index (κ2) is 8.91. The van der Waals surface area contributed by atoms with Crippen LogP contribution < -0.4 is 14.8 Å². The normalized spacial score (nSPS) is 10.8. The Morgan fingerprint density at radius 3 is 2.36 bits per heavy atom. The van der Waals surface area contributed by atoms with Gasteiger partial charge in [0.1, 0.15) is 0 Å². The highest BCUT2D eigenvalue weighted by atomic mass is 32.1. The molecule has 0 aliphatic carbocycles. The summed E-state index contributed by atoms with van der Waals surface area (Å²) in [7, 11) is 4.17. The number of pyridine rings is 1. The lowest BCUT2D eigenvalue weighted by atomic mass is 10.1. The first-order chi connectivity index (χ1) is 15.9. The molecule has 0 fully saturated rings. The molecule has 10 heteroatoms. The molecule has 0 radical (unpaired) electrons. The highest BCUT2D eigenvalue weighted by Gasteiger charge is 2.23. The lowest BCUT2D eigenvalue weighted by Gasteiger charge is -2.15. The molecule has 1 amide bonds. The van der Waals surface area contributed by atoms with Gasteiger partial charge in [0.05, 0.1) is 59.8 Å². The molecule has 1 N–H and O–H groups in total. The molecule has 0 unspecified atom stereocenters. The van der Waals surface area contributed by atoms with Crippen LogP contribution in [-0.4, -0.2) is 43.3 Å². The third kappa shape index (κ3) is 4.12. The Kier molecular flexibility index (Phi) is 6.01. The number of aromatic nitrogens is 2. The van der Waals surface area contributed by atoms with Crippen molar-refractivity contribution in [2.45, 2.75) is 13.8 Å². The molecule has 0 spiro atoms. The van der Waals surface area contributed by atoms with E-state index in [1.54, 1.807) is 24.3 Å². The molecular weight excluding hydrogens is 446 g/mol. The van der Waals surface area contributed by atoms with Crippen LogP contribution in [0.25, 0.3) is 21.7 Å². The molecule has 0 saturated carbocycles. The summed E-state index contributed by atoms with van der Waals surface area (Å²) in [6, 6.07) is 8.55. The number of hydrogen-bond acceptors (Lipinski definition) is 9. The molecule has 170 valence electrons. The molecule has 1 aromatic carbocycles.